The molecule has 29 heavy (non-hydrogen) atoms. The number of likely N-dealkylation sites (tertiary alicyclic amines) is 1. The van der Waals surface area contributed by atoms with Gasteiger partial charge in [0.2, 0.25) is 0 Å². The number of nitrogens with one attached hydrogen (secondary N) is 2. The highest BCUT2D eigenvalue weighted by Crippen LogP contribution is 2.28. The van der Waals surface area contributed by atoms with Gasteiger partial charge in [-0.2, -0.15) is 0 Å². The van der Waals surface area contributed by atoms with Gasteiger partial charge in [-0.25, -0.2) is 4.79 Å². The van der Waals surface area contributed by atoms with E-state index in [0.29, 0.717) is 11.4 Å². The first-order valence-corrected chi connectivity index (χ1v) is 9.36. The van der Waals surface area contributed by atoms with Crippen molar-refractivity contribution < 1.29 is 19.2 Å². The van der Waals surface area contributed by atoms with Gasteiger partial charge in [0.15, 0.2) is 5.75 Å². The van der Waals surface area contributed by atoms with Crippen LogP contribution in [0.5, 0.6) is 5.75 Å². The second-order valence-electron chi connectivity index (χ2n) is 6.53. The zero-order valence-electron chi connectivity index (χ0n) is 16.0. The molecule has 9 nitrogen and oxygen atoms in total. The lowest BCUT2D eigenvalue weighted by Crippen LogP contribution is -2.32. The number of carbonyl (C=O) groups is 2. The quantitative estimate of drug-likeness (QED) is 0.566. The number of carbonyl (C=O) groups excluding carboxylic acids is 2. The van der Waals surface area contributed by atoms with Crippen LogP contribution in [0, 0.1) is 10.1 Å². The van der Waals surface area contributed by atoms with Gasteiger partial charge >= 0.3 is 11.7 Å². The Morgan fingerprint density at radius 3 is 2.45 bits per heavy atom. The van der Waals surface area contributed by atoms with Crippen molar-refractivity contribution in [3.05, 3.63) is 58.1 Å². The smallest absolute Gasteiger partial charge is 0.321 e. The van der Waals surface area contributed by atoms with Gasteiger partial charge in [0.1, 0.15) is 0 Å². The minimum Gasteiger partial charge on any atom is -0.487 e. The number of hydrogen-bond donors (Lipinski definition) is 2. The monoisotopic (exact) mass is 398 g/mol. The van der Waals surface area contributed by atoms with E-state index in [1.54, 1.807) is 36.1 Å². The van der Waals surface area contributed by atoms with Crippen molar-refractivity contribution in [1.82, 2.24) is 4.90 Å². The largest absolute Gasteiger partial charge is 0.487 e. The van der Waals surface area contributed by atoms with E-state index in [9.17, 15) is 19.7 Å². The highest BCUT2D eigenvalue weighted by Gasteiger charge is 2.20. The molecule has 1 heterocycles. The first-order valence-electron chi connectivity index (χ1n) is 9.36. The van der Waals surface area contributed by atoms with Gasteiger partial charge in [0.25, 0.3) is 5.91 Å². The molecule has 0 radical (unpaired) electrons. The van der Waals surface area contributed by atoms with Gasteiger partial charge in [-0.1, -0.05) is 6.07 Å². The van der Waals surface area contributed by atoms with Gasteiger partial charge in [-0.05, 0) is 50.1 Å². The summed E-state index contributed by atoms with van der Waals surface area (Å²) in [4.78, 5) is 37.1. The van der Waals surface area contributed by atoms with Crippen molar-refractivity contribution >= 4 is 29.0 Å². The number of benzene rings is 2. The van der Waals surface area contributed by atoms with Gasteiger partial charge in [0, 0.05) is 36.1 Å². The van der Waals surface area contributed by atoms with Crippen LogP contribution >= 0.6 is 0 Å². The molecule has 152 valence electrons. The number of urea groups is 1. The fourth-order valence-corrected chi connectivity index (χ4v) is 3.08. The SMILES string of the molecule is CCOc1ccc(C(=O)Nc2cccc(NC(=O)N3CCCC3)c2)cc1[N+](=O)[O-]. The number of hydrogen-bond acceptors (Lipinski definition) is 5. The lowest BCUT2D eigenvalue weighted by Gasteiger charge is -2.16. The summed E-state index contributed by atoms with van der Waals surface area (Å²) in [6, 6.07) is 10.6. The number of rotatable bonds is 6. The van der Waals surface area contributed by atoms with Gasteiger partial charge in [-0.3, -0.25) is 14.9 Å². The first-order chi connectivity index (χ1) is 14.0. The third-order valence-corrected chi connectivity index (χ3v) is 4.48. The van der Waals surface area contributed by atoms with Crippen LogP contribution < -0.4 is 15.4 Å². The van der Waals surface area contributed by atoms with Crippen LogP contribution in [0.4, 0.5) is 21.9 Å². The summed E-state index contributed by atoms with van der Waals surface area (Å²) in [5.41, 5.74) is 0.876. The average Bonchev–Trinajstić information content (AvgIpc) is 3.23. The van der Waals surface area contributed by atoms with E-state index >= 15 is 0 Å². The van der Waals surface area contributed by atoms with Crippen molar-refractivity contribution in [2.45, 2.75) is 19.8 Å². The standard InChI is InChI=1S/C20H22N4O5/c1-2-29-18-9-8-14(12-17(18)24(27)28)19(25)21-15-6-5-7-16(13-15)22-20(26)23-10-3-4-11-23/h5-9,12-13H,2-4,10-11H2,1H3,(H,21,25)(H,22,26). The normalized spacial score (nSPS) is 13.1. The summed E-state index contributed by atoms with van der Waals surface area (Å²) in [5, 5.41) is 16.7. The maximum absolute atomic E-state index is 12.5. The number of ether oxygens (including phenoxy) is 1. The molecule has 2 aromatic carbocycles. The van der Waals surface area contributed by atoms with Crippen molar-refractivity contribution in [2.24, 2.45) is 0 Å². The van der Waals surface area contributed by atoms with Crippen molar-refractivity contribution in [3.63, 3.8) is 0 Å². The van der Waals surface area contributed by atoms with E-state index in [-0.39, 0.29) is 29.6 Å². The van der Waals surface area contributed by atoms with Crippen LogP contribution in [0.1, 0.15) is 30.1 Å². The molecule has 0 aromatic heterocycles. The predicted molar refractivity (Wildman–Crippen MR) is 108 cm³/mol. The van der Waals surface area contributed by atoms with E-state index in [0.717, 1.165) is 25.9 Å². The number of nitro benzene ring substituents is 1. The second-order valence-corrected chi connectivity index (χ2v) is 6.53. The summed E-state index contributed by atoms with van der Waals surface area (Å²) < 4.78 is 5.23. The Labute approximate surface area is 167 Å². The lowest BCUT2D eigenvalue weighted by atomic mass is 10.1. The molecule has 9 heteroatoms. The molecule has 1 aliphatic heterocycles. The third kappa shape index (κ3) is 5.01. The highest BCUT2D eigenvalue weighted by molar-refractivity contribution is 6.05. The Bertz CT molecular complexity index is 925. The zero-order valence-corrected chi connectivity index (χ0v) is 16.0. The second kappa shape index (κ2) is 9.05. The Kier molecular flexibility index (Phi) is 6.28. The van der Waals surface area contributed by atoms with Crippen LogP contribution in [-0.2, 0) is 0 Å². The van der Waals surface area contributed by atoms with Crippen molar-refractivity contribution in [1.29, 1.82) is 0 Å². The fourth-order valence-electron chi connectivity index (χ4n) is 3.08. The van der Waals surface area contributed by atoms with Crippen molar-refractivity contribution in [3.8, 4) is 5.75 Å². The third-order valence-electron chi connectivity index (χ3n) is 4.48. The van der Waals surface area contributed by atoms with Crippen LogP contribution in [0.25, 0.3) is 0 Å². The average molecular weight is 398 g/mol. The molecule has 0 bridgehead atoms. The van der Waals surface area contributed by atoms with Gasteiger partial charge in [0.05, 0.1) is 11.5 Å². The summed E-state index contributed by atoms with van der Waals surface area (Å²) in [6.07, 6.45) is 2.00. The Hall–Kier alpha value is -3.62. The Morgan fingerprint density at radius 2 is 1.79 bits per heavy atom. The molecular formula is C20H22N4O5. The highest BCUT2D eigenvalue weighted by atomic mass is 16.6. The van der Waals surface area contributed by atoms with Gasteiger partial charge < -0.3 is 20.3 Å². The molecule has 1 aliphatic rings. The molecule has 2 aromatic rings. The topological polar surface area (TPSA) is 114 Å². The fraction of sp³-hybridized carbons (Fsp3) is 0.300. The van der Waals surface area contributed by atoms with Crippen LogP contribution in [-0.4, -0.2) is 41.5 Å². The molecule has 0 saturated carbocycles. The minimum absolute atomic E-state index is 0.112. The molecule has 0 unspecified atom stereocenters. The maximum Gasteiger partial charge on any atom is 0.321 e. The molecule has 2 N–H and O–H groups in total. The number of nitrogens with zero attached hydrogens (tertiary/aromatic N) is 2. The molecule has 0 aliphatic carbocycles. The number of nitro groups is 1. The zero-order chi connectivity index (χ0) is 20.8. The van der Waals surface area contributed by atoms with E-state index in [1.165, 1.54) is 18.2 Å². The number of anilines is 2. The first kappa shape index (κ1) is 20.1. The van der Waals surface area contributed by atoms with Crippen LogP contribution in [0.15, 0.2) is 42.5 Å². The summed E-state index contributed by atoms with van der Waals surface area (Å²) >= 11 is 0. The number of amides is 3. The molecular weight excluding hydrogens is 376 g/mol. The van der Waals surface area contributed by atoms with E-state index in [1.807, 2.05) is 0 Å². The van der Waals surface area contributed by atoms with E-state index < -0.39 is 10.8 Å². The molecule has 3 amide bonds. The predicted octanol–water partition coefficient (Wildman–Crippen LogP) is 3.87. The molecule has 3 rings (SSSR count). The maximum atomic E-state index is 12.5. The Balaban J connectivity index is 1.71. The van der Waals surface area contributed by atoms with Gasteiger partial charge in [-0.15, -0.1) is 0 Å². The van der Waals surface area contributed by atoms with Crippen LogP contribution in [0.3, 0.4) is 0 Å². The molecule has 1 fully saturated rings. The molecule has 1 saturated heterocycles. The van der Waals surface area contributed by atoms with E-state index in [4.69, 9.17) is 4.74 Å². The minimum atomic E-state index is -0.587. The Morgan fingerprint density at radius 1 is 1.10 bits per heavy atom. The lowest BCUT2D eigenvalue weighted by molar-refractivity contribution is -0.385. The summed E-state index contributed by atoms with van der Waals surface area (Å²) in [5.74, 6) is -0.389. The molecule has 0 spiro atoms. The summed E-state index contributed by atoms with van der Waals surface area (Å²) in [6.45, 7) is 3.47. The summed E-state index contributed by atoms with van der Waals surface area (Å²) in [7, 11) is 0. The van der Waals surface area contributed by atoms with Crippen molar-refractivity contribution in [2.75, 3.05) is 30.3 Å². The molecule has 0 atom stereocenters. The van der Waals surface area contributed by atoms with Crippen LogP contribution in [0.2, 0.25) is 0 Å². The van der Waals surface area contributed by atoms with E-state index in [2.05, 4.69) is 10.6 Å².